The smallest absolute Gasteiger partial charge is 0.186 e. The van der Waals surface area contributed by atoms with Crippen LogP contribution in [-0.2, 0) is 0 Å². The highest BCUT2D eigenvalue weighted by molar-refractivity contribution is 7.66. The van der Waals surface area contributed by atoms with Crippen LogP contribution in [0.1, 0.15) is 52.0 Å². The fourth-order valence-corrected chi connectivity index (χ4v) is 4.14. The zero-order chi connectivity index (χ0) is 18.7. The molecular weight excluding hydrogens is 327 g/mol. The molecule has 0 aromatic heterocycles. The topological polar surface area (TPSA) is 26.3 Å². The zero-order valence-corrected chi connectivity index (χ0v) is 17.4. The molecule has 0 fully saturated rings. The van der Waals surface area contributed by atoms with Crippen LogP contribution >= 0.6 is 8.58 Å². The van der Waals surface area contributed by atoms with Crippen LogP contribution in [0, 0.1) is 40.5 Å². The van der Waals surface area contributed by atoms with Crippen molar-refractivity contribution in [3.8, 4) is 5.75 Å². The Bertz CT molecular complexity index is 791. The molecule has 0 bridgehead atoms. The molecule has 0 N–H and O–H groups in total. The van der Waals surface area contributed by atoms with Crippen molar-refractivity contribution in [3.05, 3.63) is 57.6 Å². The van der Waals surface area contributed by atoms with E-state index in [1.807, 2.05) is 25.1 Å². The van der Waals surface area contributed by atoms with Crippen molar-refractivity contribution >= 4 is 19.4 Å². The third-order valence-electron chi connectivity index (χ3n) is 4.61. The maximum Gasteiger partial charge on any atom is 0.186 e. The van der Waals surface area contributed by atoms with Crippen LogP contribution in [-0.4, -0.2) is 12.1 Å². The first-order chi connectivity index (χ1) is 11.7. The molecule has 25 heavy (non-hydrogen) atoms. The molecule has 0 spiro atoms. The summed E-state index contributed by atoms with van der Waals surface area (Å²) < 4.78 is 5.78. The Kier molecular flexibility index (Phi) is 6.41. The molecule has 1 atom stereocenters. The molecule has 2 rings (SSSR count). The van der Waals surface area contributed by atoms with Crippen LogP contribution in [0.25, 0.3) is 0 Å². The third kappa shape index (κ3) is 4.70. The fraction of sp³-hybridized carbons (Fsp3) is 0.409. The molecule has 0 saturated heterocycles. The van der Waals surface area contributed by atoms with Crippen LogP contribution in [0.2, 0.25) is 0 Å². The number of aryl methyl sites for hydroxylation is 3. The number of rotatable bonds is 6. The maximum absolute atomic E-state index is 13.0. The number of hydrogen-bond donors (Lipinski definition) is 0. The molecule has 0 aliphatic heterocycles. The van der Waals surface area contributed by atoms with E-state index in [1.54, 1.807) is 0 Å². The average molecular weight is 356 g/mol. The minimum Gasteiger partial charge on any atom is -0.493 e. The largest absolute Gasteiger partial charge is 0.493 e. The molecule has 134 valence electrons. The summed E-state index contributed by atoms with van der Waals surface area (Å²) >= 11 is 0. The van der Waals surface area contributed by atoms with Gasteiger partial charge < -0.3 is 4.74 Å². The average Bonchev–Trinajstić information content (AvgIpc) is 2.53. The fourth-order valence-electron chi connectivity index (χ4n) is 2.95. The number of carbonyl (C=O) groups is 1. The Morgan fingerprint density at radius 2 is 1.64 bits per heavy atom. The summed E-state index contributed by atoms with van der Waals surface area (Å²) in [6.45, 7) is 15.3. The number of benzene rings is 2. The molecule has 2 aromatic carbocycles. The van der Waals surface area contributed by atoms with Crippen molar-refractivity contribution in [1.82, 2.24) is 0 Å². The number of ether oxygens (including phenoxy) is 1. The summed E-state index contributed by atoms with van der Waals surface area (Å²) in [5.41, 5.74) is 6.88. The molecule has 0 aliphatic carbocycles. The zero-order valence-electron chi connectivity index (χ0n) is 16.4. The molecule has 1 unspecified atom stereocenters. The van der Waals surface area contributed by atoms with Gasteiger partial charge in [-0.3, -0.25) is 4.79 Å². The van der Waals surface area contributed by atoms with E-state index < -0.39 is 0 Å². The van der Waals surface area contributed by atoms with E-state index in [0.717, 1.165) is 33.3 Å². The van der Waals surface area contributed by atoms with Crippen LogP contribution in [0.3, 0.4) is 0 Å². The lowest BCUT2D eigenvalue weighted by atomic mass is 9.95. The summed E-state index contributed by atoms with van der Waals surface area (Å²) in [5.74, 6) is 1.38. The van der Waals surface area contributed by atoms with Gasteiger partial charge in [-0.25, -0.2) is 0 Å². The maximum atomic E-state index is 13.0. The van der Waals surface area contributed by atoms with Crippen molar-refractivity contribution in [2.45, 2.75) is 48.5 Å². The van der Waals surface area contributed by atoms with E-state index in [2.05, 4.69) is 47.6 Å². The Morgan fingerprint density at radius 1 is 0.960 bits per heavy atom. The van der Waals surface area contributed by atoms with Gasteiger partial charge in [0.05, 0.1) is 6.61 Å². The van der Waals surface area contributed by atoms with Crippen LogP contribution < -0.4 is 10.0 Å². The van der Waals surface area contributed by atoms with Crippen molar-refractivity contribution in [2.75, 3.05) is 6.61 Å². The summed E-state index contributed by atoms with van der Waals surface area (Å²) in [7, 11) is 0.140. The highest BCUT2D eigenvalue weighted by Gasteiger charge is 2.17. The predicted octanol–water partition coefficient (Wildman–Crippen LogP) is 5.41. The first-order valence-electron chi connectivity index (χ1n) is 8.83. The van der Waals surface area contributed by atoms with Gasteiger partial charge in [0.2, 0.25) is 0 Å². The van der Waals surface area contributed by atoms with E-state index in [0.29, 0.717) is 12.5 Å². The van der Waals surface area contributed by atoms with E-state index in [1.165, 1.54) is 11.1 Å². The Morgan fingerprint density at radius 3 is 2.24 bits per heavy atom. The highest BCUT2D eigenvalue weighted by atomic mass is 31.1. The molecule has 3 heteroatoms. The highest BCUT2D eigenvalue weighted by Crippen LogP contribution is 2.29. The van der Waals surface area contributed by atoms with E-state index in [9.17, 15) is 4.79 Å². The van der Waals surface area contributed by atoms with E-state index in [-0.39, 0.29) is 14.1 Å². The third-order valence-corrected chi connectivity index (χ3v) is 5.92. The van der Waals surface area contributed by atoms with Crippen LogP contribution in [0.5, 0.6) is 5.75 Å². The molecule has 2 nitrogen and oxygen atoms in total. The summed E-state index contributed by atoms with van der Waals surface area (Å²) in [6, 6.07) is 8.17. The Hall–Kier alpha value is -1.66. The monoisotopic (exact) mass is 356 g/mol. The van der Waals surface area contributed by atoms with Gasteiger partial charge in [0.15, 0.2) is 5.52 Å². The first-order valence-corrected chi connectivity index (χ1v) is 9.83. The Balaban J connectivity index is 2.23. The van der Waals surface area contributed by atoms with Gasteiger partial charge in [-0.1, -0.05) is 26.0 Å². The second kappa shape index (κ2) is 8.15. The molecule has 0 radical (unpaired) electrons. The van der Waals surface area contributed by atoms with Gasteiger partial charge in [0.1, 0.15) is 5.75 Å². The van der Waals surface area contributed by atoms with Crippen molar-refractivity contribution in [3.63, 3.8) is 0 Å². The number of hydrogen-bond acceptors (Lipinski definition) is 2. The van der Waals surface area contributed by atoms with Gasteiger partial charge in [-0.2, -0.15) is 0 Å². The van der Waals surface area contributed by atoms with Crippen LogP contribution in [0.15, 0.2) is 24.3 Å². The summed E-state index contributed by atoms with van der Waals surface area (Å²) in [4.78, 5) is 13.0. The summed E-state index contributed by atoms with van der Waals surface area (Å²) in [6.07, 6.45) is 0. The van der Waals surface area contributed by atoms with Crippen molar-refractivity contribution < 1.29 is 9.53 Å². The predicted molar refractivity (Wildman–Crippen MR) is 109 cm³/mol. The van der Waals surface area contributed by atoms with E-state index in [4.69, 9.17) is 4.74 Å². The van der Waals surface area contributed by atoms with E-state index >= 15 is 0 Å². The minimum atomic E-state index is 0.140. The van der Waals surface area contributed by atoms with Gasteiger partial charge in [-0.05, 0) is 94.4 Å². The van der Waals surface area contributed by atoms with Gasteiger partial charge in [0, 0.05) is 5.56 Å². The van der Waals surface area contributed by atoms with Crippen LogP contribution in [0.4, 0.5) is 0 Å². The second-order valence-corrected chi connectivity index (χ2v) is 8.51. The van der Waals surface area contributed by atoms with Gasteiger partial charge in [0.25, 0.3) is 0 Å². The van der Waals surface area contributed by atoms with Crippen molar-refractivity contribution in [2.24, 2.45) is 5.92 Å². The first kappa shape index (κ1) is 19.7. The molecular formula is C22H29O2P. The lowest BCUT2D eigenvalue weighted by Crippen LogP contribution is -2.10. The Labute approximate surface area is 153 Å². The lowest BCUT2D eigenvalue weighted by molar-refractivity contribution is 0.108. The number of carbonyl (C=O) groups excluding carboxylic acids is 1. The second-order valence-electron chi connectivity index (χ2n) is 7.27. The molecule has 0 heterocycles. The van der Waals surface area contributed by atoms with Gasteiger partial charge >= 0.3 is 0 Å². The molecule has 0 amide bonds. The van der Waals surface area contributed by atoms with Gasteiger partial charge in [-0.15, -0.1) is 0 Å². The molecule has 2 aromatic rings. The normalized spacial score (nSPS) is 11.5. The standard InChI is InChI=1S/C22H29O2P/c1-13(2)12-24-19-8-9-20(15(4)11-19)25-22(23)21-16(5)10-14(3)17(6)18(21)7/h8-11,13,25H,12H2,1-7H3. The molecule has 0 aliphatic rings. The van der Waals surface area contributed by atoms with Crippen molar-refractivity contribution in [1.29, 1.82) is 0 Å². The molecule has 0 saturated carbocycles. The summed E-state index contributed by atoms with van der Waals surface area (Å²) in [5, 5.41) is 1.10. The quantitative estimate of drug-likeness (QED) is 0.647. The SMILES string of the molecule is Cc1cc(OCC(C)C)ccc1PC(=O)c1c(C)cc(C)c(C)c1C. The lowest BCUT2D eigenvalue weighted by Gasteiger charge is -2.15. The minimum absolute atomic E-state index is 0.140.